The first kappa shape index (κ1) is 12.4. The molecule has 5 nitrogen and oxygen atoms in total. The Labute approximate surface area is 114 Å². The van der Waals surface area contributed by atoms with E-state index in [1.54, 1.807) is 13.0 Å². The zero-order valence-corrected chi connectivity index (χ0v) is 12.3. The van der Waals surface area contributed by atoms with Crippen LogP contribution in [0, 0.1) is 13.8 Å². The molecule has 2 heterocycles. The van der Waals surface area contributed by atoms with Gasteiger partial charge in [-0.15, -0.1) is 0 Å². The molecule has 2 rings (SSSR count). The molecule has 0 spiro atoms. The highest BCUT2D eigenvalue weighted by molar-refractivity contribution is 9.13. The molecule has 0 aliphatic heterocycles. The Morgan fingerprint density at radius 1 is 1.24 bits per heavy atom. The zero-order chi connectivity index (χ0) is 12.6. The van der Waals surface area contributed by atoms with Crippen molar-refractivity contribution in [2.75, 3.05) is 0 Å². The maximum atomic E-state index is 12.0. The SMILES string of the molecule is Cc1cc(-n2ncc(Br)c(Br)c2=O)nc(C)n1. The average molecular weight is 360 g/mol. The van der Waals surface area contributed by atoms with Crippen LogP contribution in [0.5, 0.6) is 0 Å². The molecule has 0 bridgehead atoms. The molecular formula is C10H8Br2N4O. The molecule has 0 unspecified atom stereocenters. The van der Waals surface area contributed by atoms with Crippen LogP contribution in [0.1, 0.15) is 11.5 Å². The highest BCUT2D eigenvalue weighted by atomic mass is 79.9. The van der Waals surface area contributed by atoms with Crippen molar-refractivity contribution in [3.63, 3.8) is 0 Å². The molecule has 0 fully saturated rings. The van der Waals surface area contributed by atoms with E-state index in [-0.39, 0.29) is 5.56 Å². The standard InChI is InChI=1S/C10H8Br2N4O/c1-5-3-8(15-6(2)14-5)16-10(17)9(12)7(11)4-13-16/h3-4H,1-2H3. The minimum absolute atomic E-state index is 0.267. The van der Waals surface area contributed by atoms with E-state index in [9.17, 15) is 4.79 Å². The Hall–Kier alpha value is -1.08. The number of aromatic nitrogens is 4. The highest BCUT2D eigenvalue weighted by Crippen LogP contribution is 2.17. The summed E-state index contributed by atoms with van der Waals surface area (Å²) in [5.41, 5.74) is 0.525. The fourth-order valence-corrected chi connectivity index (χ4v) is 1.91. The van der Waals surface area contributed by atoms with Crippen LogP contribution >= 0.6 is 31.9 Å². The lowest BCUT2D eigenvalue weighted by Crippen LogP contribution is -2.23. The second-order valence-electron chi connectivity index (χ2n) is 3.44. The summed E-state index contributed by atoms with van der Waals surface area (Å²) >= 11 is 6.43. The monoisotopic (exact) mass is 358 g/mol. The van der Waals surface area contributed by atoms with Gasteiger partial charge in [0.1, 0.15) is 10.3 Å². The van der Waals surface area contributed by atoms with Gasteiger partial charge in [0.05, 0.1) is 10.7 Å². The van der Waals surface area contributed by atoms with E-state index < -0.39 is 0 Å². The van der Waals surface area contributed by atoms with Crippen LogP contribution in [-0.4, -0.2) is 19.7 Å². The Kier molecular flexibility index (Phi) is 3.39. The molecule has 0 atom stereocenters. The summed E-state index contributed by atoms with van der Waals surface area (Å²) in [6.45, 7) is 3.62. The average Bonchev–Trinajstić information content (AvgIpc) is 2.24. The quantitative estimate of drug-likeness (QED) is 0.782. The van der Waals surface area contributed by atoms with E-state index in [0.717, 1.165) is 5.69 Å². The van der Waals surface area contributed by atoms with E-state index in [0.29, 0.717) is 20.6 Å². The third kappa shape index (κ3) is 2.44. The molecule has 0 aromatic carbocycles. The lowest BCUT2D eigenvalue weighted by atomic mass is 10.4. The predicted octanol–water partition coefficient (Wildman–Crippen LogP) is 2.16. The summed E-state index contributed by atoms with van der Waals surface area (Å²) in [7, 11) is 0. The first-order valence-corrected chi connectivity index (χ1v) is 6.33. The highest BCUT2D eigenvalue weighted by Gasteiger charge is 2.10. The van der Waals surface area contributed by atoms with E-state index >= 15 is 0 Å². The summed E-state index contributed by atoms with van der Waals surface area (Å²) < 4.78 is 2.26. The third-order valence-electron chi connectivity index (χ3n) is 2.05. The number of hydrogen-bond donors (Lipinski definition) is 0. The molecule has 88 valence electrons. The van der Waals surface area contributed by atoms with Crippen LogP contribution < -0.4 is 5.56 Å². The van der Waals surface area contributed by atoms with Crippen molar-refractivity contribution in [1.29, 1.82) is 0 Å². The molecular weight excluding hydrogens is 352 g/mol. The Bertz CT molecular complexity index is 618. The smallest absolute Gasteiger partial charge is 0.266 e. The van der Waals surface area contributed by atoms with Crippen LogP contribution in [0.4, 0.5) is 0 Å². The molecule has 0 N–H and O–H groups in total. The predicted molar refractivity (Wildman–Crippen MR) is 70.3 cm³/mol. The number of rotatable bonds is 1. The summed E-state index contributed by atoms with van der Waals surface area (Å²) in [4.78, 5) is 20.3. The van der Waals surface area contributed by atoms with Gasteiger partial charge in [-0.05, 0) is 45.7 Å². The summed E-state index contributed by atoms with van der Waals surface area (Å²) in [5, 5.41) is 4.03. The molecule has 0 aliphatic carbocycles. The number of hydrogen-bond acceptors (Lipinski definition) is 4. The summed E-state index contributed by atoms with van der Waals surface area (Å²) in [6, 6.07) is 1.71. The van der Waals surface area contributed by atoms with Crippen molar-refractivity contribution in [3.8, 4) is 5.82 Å². The second kappa shape index (κ2) is 4.66. The molecule has 17 heavy (non-hydrogen) atoms. The van der Waals surface area contributed by atoms with Crippen molar-refractivity contribution in [3.05, 3.63) is 43.1 Å². The van der Waals surface area contributed by atoms with Crippen molar-refractivity contribution < 1.29 is 0 Å². The van der Waals surface area contributed by atoms with Crippen molar-refractivity contribution in [2.45, 2.75) is 13.8 Å². The van der Waals surface area contributed by atoms with Crippen LogP contribution in [-0.2, 0) is 0 Å². The van der Waals surface area contributed by atoms with Gasteiger partial charge in [-0.2, -0.15) is 9.78 Å². The van der Waals surface area contributed by atoms with Crippen molar-refractivity contribution in [2.24, 2.45) is 0 Å². The molecule has 2 aromatic heterocycles. The van der Waals surface area contributed by atoms with Gasteiger partial charge in [0.25, 0.3) is 5.56 Å². The van der Waals surface area contributed by atoms with Gasteiger partial charge in [-0.3, -0.25) is 4.79 Å². The van der Waals surface area contributed by atoms with Gasteiger partial charge in [0, 0.05) is 11.8 Å². The van der Waals surface area contributed by atoms with Gasteiger partial charge in [0.2, 0.25) is 0 Å². The maximum Gasteiger partial charge on any atom is 0.288 e. The van der Waals surface area contributed by atoms with E-state index in [4.69, 9.17) is 0 Å². The molecule has 0 radical (unpaired) electrons. The molecule has 0 saturated carbocycles. The molecule has 2 aromatic rings. The molecule has 7 heteroatoms. The largest absolute Gasteiger partial charge is 0.288 e. The van der Waals surface area contributed by atoms with Crippen LogP contribution in [0.25, 0.3) is 5.82 Å². The molecule has 0 aliphatic rings. The lowest BCUT2D eigenvalue weighted by molar-refractivity contribution is 0.758. The first-order chi connectivity index (χ1) is 7.99. The Morgan fingerprint density at radius 3 is 2.59 bits per heavy atom. The van der Waals surface area contributed by atoms with E-state index in [1.165, 1.54) is 10.9 Å². The Balaban J connectivity index is 2.69. The van der Waals surface area contributed by atoms with Gasteiger partial charge in [-0.1, -0.05) is 0 Å². The minimum Gasteiger partial charge on any atom is -0.266 e. The van der Waals surface area contributed by atoms with Gasteiger partial charge >= 0.3 is 0 Å². The van der Waals surface area contributed by atoms with Gasteiger partial charge < -0.3 is 0 Å². The second-order valence-corrected chi connectivity index (χ2v) is 5.09. The Morgan fingerprint density at radius 2 is 1.94 bits per heavy atom. The van der Waals surface area contributed by atoms with E-state index in [1.807, 2.05) is 6.92 Å². The molecule has 0 amide bonds. The number of halogens is 2. The molecule has 0 saturated heterocycles. The number of aryl methyl sites for hydroxylation is 2. The van der Waals surface area contributed by atoms with Crippen LogP contribution in [0.2, 0.25) is 0 Å². The fraction of sp³-hybridized carbons (Fsp3) is 0.200. The van der Waals surface area contributed by atoms with Gasteiger partial charge in [0.15, 0.2) is 5.82 Å². The minimum atomic E-state index is -0.267. The van der Waals surface area contributed by atoms with E-state index in [2.05, 4.69) is 46.9 Å². The number of nitrogens with zero attached hydrogens (tertiary/aromatic N) is 4. The maximum absolute atomic E-state index is 12.0. The topological polar surface area (TPSA) is 60.7 Å². The van der Waals surface area contributed by atoms with Gasteiger partial charge in [-0.25, -0.2) is 9.97 Å². The third-order valence-corrected chi connectivity index (χ3v) is 3.95. The van der Waals surface area contributed by atoms with Crippen molar-refractivity contribution in [1.82, 2.24) is 19.7 Å². The fourth-order valence-electron chi connectivity index (χ4n) is 1.38. The normalized spacial score (nSPS) is 10.6. The lowest BCUT2D eigenvalue weighted by Gasteiger charge is -2.06. The zero-order valence-electron chi connectivity index (χ0n) is 9.11. The van der Waals surface area contributed by atoms with Crippen molar-refractivity contribution >= 4 is 31.9 Å². The first-order valence-electron chi connectivity index (χ1n) is 4.75. The summed E-state index contributed by atoms with van der Waals surface area (Å²) in [6.07, 6.45) is 1.54. The van der Waals surface area contributed by atoms with Crippen LogP contribution in [0.3, 0.4) is 0 Å². The summed E-state index contributed by atoms with van der Waals surface area (Å²) in [5.74, 6) is 1.07. The van der Waals surface area contributed by atoms with Crippen LogP contribution in [0.15, 0.2) is 26.0 Å².